The van der Waals surface area contributed by atoms with Crippen molar-refractivity contribution in [2.45, 2.75) is 51.4 Å². The van der Waals surface area contributed by atoms with Gasteiger partial charge in [0.15, 0.2) is 0 Å². The van der Waals surface area contributed by atoms with Crippen molar-refractivity contribution in [2.75, 3.05) is 7.11 Å². The van der Waals surface area contributed by atoms with E-state index in [1.54, 1.807) is 18.3 Å². The van der Waals surface area contributed by atoms with Gasteiger partial charge in [-0.25, -0.2) is 0 Å². The lowest BCUT2D eigenvalue weighted by molar-refractivity contribution is -0.148. The number of carbonyl (C=O) groups excluding carboxylic acids is 1. The third kappa shape index (κ3) is 2.56. The molecule has 3 fully saturated rings. The normalized spacial score (nSPS) is 40.7. The van der Waals surface area contributed by atoms with Crippen LogP contribution in [0.3, 0.4) is 0 Å². The Morgan fingerprint density at radius 2 is 1.92 bits per heavy atom. The maximum atomic E-state index is 12.1. The first-order valence-corrected chi connectivity index (χ1v) is 10.6. The Morgan fingerprint density at radius 3 is 2.81 bits per heavy atom. The average Bonchev–Trinajstić information content (AvgIpc) is 2.71. The molecular weight excluding hydrogens is 320 g/mol. The fourth-order valence-corrected chi connectivity index (χ4v) is 6.91. The zero-order chi connectivity index (χ0) is 17.7. The van der Waals surface area contributed by atoms with Crippen molar-refractivity contribution in [1.82, 2.24) is 0 Å². The summed E-state index contributed by atoms with van der Waals surface area (Å²) in [5.74, 6) is 3.96. The summed E-state index contributed by atoms with van der Waals surface area (Å²) in [6.07, 6.45) is 21.7. The fraction of sp³-hybridized carbons (Fsp3) is 0.625. The van der Waals surface area contributed by atoms with Gasteiger partial charge in [0.2, 0.25) is 0 Å². The van der Waals surface area contributed by atoms with Crippen LogP contribution in [-0.4, -0.2) is 13.1 Å². The maximum Gasteiger partial charge on any atom is 0.308 e. The van der Waals surface area contributed by atoms with Crippen LogP contribution in [-0.2, 0) is 9.53 Å². The molecular formula is C24H30O2. The van der Waals surface area contributed by atoms with E-state index in [1.807, 2.05) is 0 Å². The summed E-state index contributed by atoms with van der Waals surface area (Å²) in [5, 5.41) is 0. The molecule has 0 bridgehead atoms. The fourth-order valence-electron chi connectivity index (χ4n) is 6.91. The Bertz CT molecular complexity index is 722. The van der Waals surface area contributed by atoms with Crippen molar-refractivity contribution < 1.29 is 9.53 Å². The second-order valence-corrected chi connectivity index (χ2v) is 9.02. The molecule has 0 amide bonds. The predicted molar refractivity (Wildman–Crippen MR) is 103 cm³/mol. The van der Waals surface area contributed by atoms with Crippen LogP contribution in [0.4, 0.5) is 0 Å². The Morgan fingerprint density at radius 1 is 1.04 bits per heavy atom. The number of carbonyl (C=O) groups is 1. The Hall–Kier alpha value is -1.57. The van der Waals surface area contributed by atoms with Gasteiger partial charge in [-0.1, -0.05) is 36.0 Å². The molecule has 5 rings (SSSR count). The molecule has 2 heteroatoms. The van der Waals surface area contributed by atoms with Crippen molar-refractivity contribution in [1.29, 1.82) is 0 Å². The van der Waals surface area contributed by atoms with Crippen LogP contribution in [0.2, 0.25) is 0 Å². The number of methoxy groups -OCH3 is 1. The van der Waals surface area contributed by atoms with Crippen LogP contribution >= 0.6 is 0 Å². The lowest BCUT2D eigenvalue weighted by atomic mass is 9.52. The molecule has 0 aliphatic heterocycles. The zero-order valence-corrected chi connectivity index (χ0v) is 15.8. The van der Waals surface area contributed by atoms with Crippen molar-refractivity contribution in [2.24, 2.45) is 35.5 Å². The third-order valence-corrected chi connectivity index (χ3v) is 8.05. The van der Waals surface area contributed by atoms with E-state index >= 15 is 0 Å². The van der Waals surface area contributed by atoms with Gasteiger partial charge >= 0.3 is 5.97 Å². The minimum Gasteiger partial charge on any atom is -0.469 e. The number of hydrogen-bond donors (Lipinski definition) is 0. The molecule has 0 heterocycles. The first-order chi connectivity index (χ1) is 12.8. The Balaban J connectivity index is 1.41. The molecule has 6 unspecified atom stereocenters. The third-order valence-electron chi connectivity index (χ3n) is 8.05. The second kappa shape index (κ2) is 6.55. The quantitative estimate of drug-likeness (QED) is 0.593. The molecule has 138 valence electrons. The van der Waals surface area contributed by atoms with Gasteiger partial charge in [0.05, 0.1) is 13.0 Å². The molecule has 0 aromatic rings. The smallest absolute Gasteiger partial charge is 0.308 e. The average molecular weight is 351 g/mol. The number of rotatable bonds is 1. The summed E-state index contributed by atoms with van der Waals surface area (Å²) in [7, 11) is 1.55. The van der Waals surface area contributed by atoms with Crippen LogP contribution < -0.4 is 0 Å². The SMILES string of the molecule is COC(=O)C1CCC2CCC3C4=CC=C5C=CCC=C5C4CCC3C2C1. The molecule has 3 saturated carbocycles. The number of esters is 1. The lowest BCUT2D eigenvalue weighted by Gasteiger charge is -2.52. The summed E-state index contributed by atoms with van der Waals surface area (Å²) in [5.41, 5.74) is 4.76. The number of fused-ring (bicyclic) bond motifs is 7. The summed E-state index contributed by atoms with van der Waals surface area (Å²) in [6.45, 7) is 0. The molecule has 0 spiro atoms. The number of allylic oxidation sites excluding steroid dienone is 8. The lowest BCUT2D eigenvalue weighted by Crippen LogP contribution is -2.44. The minimum absolute atomic E-state index is 0.0304. The van der Waals surface area contributed by atoms with Crippen molar-refractivity contribution in [3.05, 3.63) is 47.1 Å². The molecule has 26 heavy (non-hydrogen) atoms. The molecule has 0 aromatic carbocycles. The number of ether oxygens (including phenoxy) is 1. The van der Waals surface area contributed by atoms with E-state index in [0.717, 1.165) is 42.9 Å². The van der Waals surface area contributed by atoms with Gasteiger partial charge in [0.1, 0.15) is 0 Å². The van der Waals surface area contributed by atoms with E-state index in [9.17, 15) is 4.79 Å². The van der Waals surface area contributed by atoms with Gasteiger partial charge in [-0.05, 0) is 86.2 Å². The van der Waals surface area contributed by atoms with Crippen LogP contribution in [0.25, 0.3) is 0 Å². The number of hydrogen-bond acceptors (Lipinski definition) is 2. The standard InChI is InChI=1S/C24H30O2/c1-26-24(25)17-7-6-16-9-11-21-20-10-8-15-4-2-3-5-18(15)19(20)12-13-22(21)23(16)14-17/h2,4-5,8,10,16-17,19,21-23H,3,6-7,9,11-14H2,1H3. The highest BCUT2D eigenvalue weighted by molar-refractivity contribution is 5.72. The van der Waals surface area contributed by atoms with Crippen LogP contribution in [0, 0.1) is 35.5 Å². The molecule has 0 radical (unpaired) electrons. The highest BCUT2D eigenvalue weighted by Crippen LogP contribution is 2.57. The predicted octanol–water partition coefficient (Wildman–Crippen LogP) is 5.38. The first kappa shape index (κ1) is 16.6. The van der Waals surface area contributed by atoms with Crippen LogP contribution in [0.15, 0.2) is 47.1 Å². The summed E-state index contributed by atoms with van der Waals surface area (Å²) in [6, 6.07) is 0. The van der Waals surface area contributed by atoms with E-state index in [-0.39, 0.29) is 11.9 Å². The van der Waals surface area contributed by atoms with Crippen LogP contribution in [0.5, 0.6) is 0 Å². The second-order valence-electron chi connectivity index (χ2n) is 9.02. The molecule has 0 aromatic heterocycles. The van der Waals surface area contributed by atoms with E-state index in [4.69, 9.17) is 4.74 Å². The van der Waals surface area contributed by atoms with Gasteiger partial charge in [-0.15, -0.1) is 0 Å². The van der Waals surface area contributed by atoms with Gasteiger partial charge in [-0.3, -0.25) is 4.79 Å². The van der Waals surface area contributed by atoms with Gasteiger partial charge < -0.3 is 4.74 Å². The summed E-state index contributed by atoms with van der Waals surface area (Å²) >= 11 is 0. The molecule has 0 N–H and O–H groups in total. The van der Waals surface area contributed by atoms with Gasteiger partial charge in [0.25, 0.3) is 0 Å². The summed E-state index contributed by atoms with van der Waals surface area (Å²) < 4.78 is 5.08. The van der Waals surface area contributed by atoms with Gasteiger partial charge in [-0.2, -0.15) is 0 Å². The van der Waals surface area contributed by atoms with Crippen molar-refractivity contribution >= 4 is 5.97 Å². The minimum atomic E-state index is 0.0304. The molecule has 2 nitrogen and oxygen atoms in total. The first-order valence-electron chi connectivity index (χ1n) is 10.6. The Kier molecular flexibility index (Phi) is 4.18. The highest BCUT2D eigenvalue weighted by Gasteiger charge is 2.48. The highest BCUT2D eigenvalue weighted by atomic mass is 16.5. The molecule has 5 aliphatic carbocycles. The van der Waals surface area contributed by atoms with Gasteiger partial charge in [0, 0.05) is 5.92 Å². The van der Waals surface area contributed by atoms with Crippen molar-refractivity contribution in [3.63, 3.8) is 0 Å². The van der Waals surface area contributed by atoms with E-state index in [0.29, 0.717) is 5.92 Å². The molecule has 0 saturated heterocycles. The zero-order valence-electron chi connectivity index (χ0n) is 15.8. The molecule has 6 atom stereocenters. The maximum absolute atomic E-state index is 12.1. The van der Waals surface area contributed by atoms with Crippen LogP contribution in [0.1, 0.15) is 51.4 Å². The van der Waals surface area contributed by atoms with Crippen molar-refractivity contribution in [3.8, 4) is 0 Å². The van der Waals surface area contributed by atoms with E-state index in [2.05, 4.69) is 30.4 Å². The topological polar surface area (TPSA) is 26.3 Å². The van der Waals surface area contributed by atoms with E-state index < -0.39 is 0 Å². The largest absolute Gasteiger partial charge is 0.469 e. The Labute approximate surface area is 157 Å². The molecule has 5 aliphatic rings. The monoisotopic (exact) mass is 350 g/mol. The summed E-state index contributed by atoms with van der Waals surface area (Å²) in [4.78, 5) is 12.1. The van der Waals surface area contributed by atoms with E-state index in [1.165, 1.54) is 37.7 Å².